The monoisotopic (exact) mass is 1620 g/mol. The number of aromatic nitrogens is 2. The summed E-state index contributed by atoms with van der Waals surface area (Å²) in [6, 6.07) is 8.80. The third-order valence-corrected chi connectivity index (χ3v) is 29.7. The molecule has 28 heteroatoms. The van der Waals surface area contributed by atoms with Crippen LogP contribution in [0.15, 0.2) is 73.1 Å². The number of carbonyl (C=O) groups is 8. The van der Waals surface area contributed by atoms with Gasteiger partial charge in [-0.3, -0.25) is 47.8 Å². The van der Waals surface area contributed by atoms with E-state index in [2.05, 4.69) is 29.2 Å². The molecule has 2 aromatic heterocycles. The summed E-state index contributed by atoms with van der Waals surface area (Å²) in [5.41, 5.74) is -6.74. The van der Waals surface area contributed by atoms with Crippen LogP contribution >= 0.6 is 0 Å². The van der Waals surface area contributed by atoms with E-state index in [0.29, 0.717) is 113 Å². The van der Waals surface area contributed by atoms with E-state index in [4.69, 9.17) is 44.9 Å². The number of ketones is 2. The number of nitrogens with zero attached hydrogens (tertiary/aromatic N) is 6. The second kappa shape index (κ2) is 31.9. The number of anilines is 2. The Bertz CT molecular complexity index is 4890. The van der Waals surface area contributed by atoms with E-state index in [0.717, 1.165) is 36.0 Å². The molecule has 0 radical (unpaired) electrons. The van der Waals surface area contributed by atoms with Gasteiger partial charge in [0, 0.05) is 90.2 Å². The Morgan fingerprint density at radius 1 is 0.570 bits per heavy atom. The minimum absolute atomic E-state index is 0.00633. The van der Waals surface area contributed by atoms with E-state index < -0.39 is 199 Å². The predicted molar refractivity (Wildman–Crippen MR) is 430 cm³/mol. The highest BCUT2D eigenvalue weighted by Crippen LogP contribution is 2.60. The molecule has 2 saturated heterocycles. The standard InChI is InChI=1S/2C43H58N4O9S/c2*1-26-10-8-9-11-28-23-43(28,40(51)45-57(52,53)42(6)15-16-42)24-35(48)34-21-29(25-47(34)39(50)32(27(2)20-26)22-36(49)56-41(3,4)5)55-38-31-12-13-33-37(30(31)14-17-44-38)54-19-18-46(33)7/h2*9,11-14,17,26-29,32,34H,8,10,15-16,18-25H2,1-7H3,(H,45,51)/b2*11-9-/t26-,27+,28+,29+,32-,34-,43+;26-,27-,28-,29-,32+,34+,43-/m01/s1/i2*3D3,4D3. The number of hydrogen-bond acceptors (Lipinski definition) is 22. The van der Waals surface area contributed by atoms with Crippen molar-refractivity contribution in [1.29, 1.82) is 0 Å². The topological polar surface area (TPSA) is 323 Å². The number of esters is 2. The first-order valence-electron chi connectivity index (χ1n) is 46.0. The van der Waals surface area contributed by atoms with E-state index in [1.54, 1.807) is 40.1 Å². The number of sulfonamides is 2. The van der Waals surface area contributed by atoms with Gasteiger partial charge in [-0.15, -0.1) is 0 Å². The average Bonchev–Trinajstić information content (AvgIpc) is 1.56. The molecule has 4 aromatic rings. The van der Waals surface area contributed by atoms with Gasteiger partial charge in [0.05, 0.1) is 94.6 Å². The third kappa shape index (κ3) is 17.8. The lowest BCUT2D eigenvalue weighted by atomic mass is 9.82. The maximum atomic E-state index is 15.1. The van der Waals surface area contributed by atoms with Crippen LogP contribution in [0, 0.1) is 58.2 Å². The number of carbonyl (C=O) groups excluding carboxylic acids is 8. The Labute approximate surface area is 687 Å². The molecule has 4 saturated carbocycles. The Balaban J connectivity index is 0.000000216. The first-order valence-corrected chi connectivity index (χ1v) is 43.0. The van der Waals surface area contributed by atoms with Crippen LogP contribution < -0.4 is 38.2 Å². The van der Waals surface area contributed by atoms with Crippen LogP contribution in [-0.2, 0) is 67.9 Å². The third-order valence-electron chi connectivity index (χ3n) is 25.4. The van der Waals surface area contributed by atoms with Crippen molar-refractivity contribution in [1.82, 2.24) is 29.2 Å². The van der Waals surface area contributed by atoms with E-state index in [1.807, 2.05) is 88.6 Å². The van der Waals surface area contributed by atoms with Gasteiger partial charge in [-0.25, -0.2) is 26.8 Å². The Morgan fingerprint density at radius 3 is 1.32 bits per heavy atom. The second-order valence-electron chi connectivity index (χ2n) is 35.0. The second-order valence-corrected chi connectivity index (χ2v) is 39.4. The van der Waals surface area contributed by atoms with E-state index in [9.17, 15) is 45.6 Å². The molecule has 8 heterocycles. The zero-order valence-electron chi connectivity index (χ0n) is 78.7. The largest absolute Gasteiger partial charge is 0.489 e. The summed E-state index contributed by atoms with van der Waals surface area (Å²) in [4.78, 5) is 131. The lowest BCUT2D eigenvalue weighted by Gasteiger charge is -2.32. The van der Waals surface area contributed by atoms with Crippen LogP contribution in [0.25, 0.3) is 21.5 Å². The van der Waals surface area contributed by atoms with Crippen LogP contribution in [-0.4, -0.2) is 182 Å². The fourth-order valence-electron chi connectivity index (χ4n) is 17.7. The summed E-state index contributed by atoms with van der Waals surface area (Å²) in [5, 5.41) is 2.78. The first-order chi connectivity index (χ1) is 58.6. The summed E-state index contributed by atoms with van der Waals surface area (Å²) >= 11 is 0. The van der Waals surface area contributed by atoms with Crippen molar-refractivity contribution < 1.29 is 100 Å². The molecule has 14 rings (SSSR count). The molecule has 6 fully saturated rings. The smallest absolute Gasteiger partial charge is 0.307 e. The van der Waals surface area contributed by atoms with Gasteiger partial charge in [0.25, 0.3) is 0 Å². The maximum Gasteiger partial charge on any atom is 0.307 e. The number of rotatable bonds is 14. The molecule has 2 N–H and O–H groups in total. The first kappa shape index (κ1) is 68.8. The van der Waals surface area contributed by atoms with Crippen molar-refractivity contribution >= 4 is 100 Å². The molecule has 0 spiro atoms. The number of likely N-dealkylation sites (N-methyl/N-ethyl adjacent to an activating group) is 2. The van der Waals surface area contributed by atoms with Gasteiger partial charge in [-0.1, -0.05) is 52.0 Å². The van der Waals surface area contributed by atoms with Crippen LogP contribution in [0.5, 0.6) is 23.3 Å². The fourth-order valence-corrected chi connectivity index (χ4v) is 20.3. The summed E-state index contributed by atoms with van der Waals surface area (Å²) in [7, 11) is -4.15. The van der Waals surface area contributed by atoms with E-state index in [-0.39, 0.29) is 75.2 Å². The Hall–Kier alpha value is -8.40. The van der Waals surface area contributed by atoms with Gasteiger partial charge in [0.1, 0.15) is 36.6 Å². The quantitative estimate of drug-likeness (QED) is 0.0875. The van der Waals surface area contributed by atoms with Gasteiger partial charge >= 0.3 is 11.9 Å². The predicted octanol–water partition coefficient (Wildman–Crippen LogP) is 11.5. The summed E-state index contributed by atoms with van der Waals surface area (Å²) in [6.45, 7) is 1.49. The van der Waals surface area contributed by atoms with Crippen molar-refractivity contribution in [3.05, 3.63) is 73.1 Å². The number of Topliss-reactive ketones (excluding diaryl/α,β-unsaturated/α-hetero) is 2. The molecule has 620 valence electrons. The van der Waals surface area contributed by atoms with Gasteiger partial charge in [0.15, 0.2) is 23.1 Å². The van der Waals surface area contributed by atoms with Gasteiger partial charge < -0.3 is 48.0 Å². The maximum absolute atomic E-state index is 15.1. The number of pyridine rings is 2. The number of ether oxygens (including phenoxy) is 6. The zero-order valence-corrected chi connectivity index (χ0v) is 68.3. The molecule has 14 atom stereocenters. The lowest BCUT2D eigenvalue weighted by Crippen LogP contribution is -2.48. The fraction of sp³-hybridized carbons (Fsp3) is 0.651. The Morgan fingerprint density at radius 2 is 0.956 bits per heavy atom. The molecular formula is C86H116N8O18S2. The van der Waals surface area contributed by atoms with E-state index in [1.165, 1.54) is 9.80 Å². The van der Waals surface area contributed by atoms with Gasteiger partial charge in [0.2, 0.25) is 55.4 Å². The highest BCUT2D eigenvalue weighted by molar-refractivity contribution is 7.92. The number of benzene rings is 2. The highest BCUT2D eigenvalue weighted by Gasteiger charge is 2.65. The molecular weight excluding hydrogens is 1500 g/mol. The number of allylic oxidation sites excluding steroid dienone is 4. The Kier molecular flexibility index (Phi) is 19.2. The summed E-state index contributed by atoms with van der Waals surface area (Å²) < 4.78 is 187. The highest BCUT2D eigenvalue weighted by atomic mass is 32.2. The summed E-state index contributed by atoms with van der Waals surface area (Å²) in [6.07, 6.45) is 12.4. The minimum atomic E-state index is -4.04. The van der Waals surface area contributed by atoms with E-state index >= 15 is 9.59 Å². The lowest BCUT2D eigenvalue weighted by molar-refractivity contribution is -0.160. The minimum Gasteiger partial charge on any atom is -0.489 e. The van der Waals surface area contributed by atoms with Crippen molar-refractivity contribution in [2.45, 2.75) is 243 Å². The molecule has 4 aliphatic carbocycles. The van der Waals surface area contributed by atoms with Crippen LogP contribution in [0.1, 0.15) is 215 Å². The summed E-state index contributed by atoms with van der Waals surface area (Å²) in [5.74, 6) is -8.64. The molecule has 0 bridgehead atoms. The number of amides is 4. The number of nitrogens with one attached hydrogen (secondary N) is 2. The van der Waals surface area contributed by atoms with Crippen LogP contribution in [0.2, 0.25) is 0 Å². The van der Waals surface area contributed by atoms with Crippen LogP contribution in [0.4, 0.5) is 11.4 Å². The molecule has 2 aromatic carbocycles. The molecule has 6 aliphatic heterocycles. The van der Waals surface area contributed by atoms with Gasteiger partial charge in [-0.05, 0) is 204 Å². The van der Waals surface area contributed by atoms with Crippen LogP contribution in [0.3, 0.4) is 0 Å². The zero-order chi connectivity index (χ0) is 92.2. The normalized spacial score (nSPS) is 32.8. The van der Waals surface area contributed by atoms with Gasteiger partial charge in [-0.2, -0.15) is 0 Å². The molecule has 114 heavy (non-hydrogen) atoms. The molecule has 4 amide bonds. The van der Waals surface area contributed by atoms with Crippen molar-refractivity contribution in [2.75, 3.05) is 63.3 Å². The SMILES string of the molecule is [2H]C([2H])([2H])C(C)(OC(=O)C[C@@H]1C(=O)N2C[C@H](Oc3nccc4c5c(ccc34)N(C)CCO5)C[C@H]2C(=O)C[C@]2(C(=O)NS(=O)(=O)C3(C)CC3)C[C@H]2/C=C\CC[C@@H](C)C[C@H]1C)C([2H])([2H])[2H].[2H]C([2H])([2H])C(C)(OC(=O)C[C@@H]1C(=O)N2C[C@H](Oc3nccc4c5c(ccc34)N(C)CCO5)C[C@H]2C(=O)C[C@]2(C(=O)NS(=O)(=O)C3(C)CC3)C[C@H]2/C=C\CC[C@H](C)C[C@H]1C)C([2H])([2H])[2H]. The van der Waals surface area contributed by atoms with Crippen molar-refractivity contribution in [3.8, 4) is 23.3 Å². The van der Waals surface area contributed by atoms with Crippen molar-refractivity contribution in [2.24, 2.45) is 58.2 Å². The molecule has 26 nitrogen and oxygen atoms in total. The number of fused-ring (bicyclic) bond motifs is 10. The van der Waals surface area contributed by atoms with Crippen molar-refractivity contribution in [3.63, 3.8) is 0 Å². The average molecular weight is 1630 g/mol. The molecule has 10 aliphatic rings. The molecule has 0 unspecified atom stereocenters. The number of hydrogen-bond donors (Lipinski definition) is 2.